The molecular formula is C10H18N2O2. The number of carbonyl (C=O) groups excluding carboxylic acids is 1. The summed E-state index contributed by atoms with van der Waals surface area (Å²) in [5.74, 6) is 5.53. The molecule has 2 N–H and O–H groups in total. The maximum absolute atomic E-state index is 11.4. The number of nitrogens with two attached hydrogens (primary N) is 1. The fraction of sp³-hybridized carbons (Fsp3) is 0.700. The van der Waals surface area contributed by atoms with Gasteiger partial charge in [-0.25, -0.2) is 5.84 Å². The van der Waals surface area contributed by atoms with E-state index in [1.54, 1.807) is 0 Å². The van der Waals surface area contributed by atoms with Crippen LogP contribution in [0.5, 0.6) is 0 Å². The summed E-state index contributed by atoms with van der Waals surface area (Å²) in [7, 11) is 1.51. The monoisotopic (exact) mass is 198 g/mol. The number of nitrogens with zero attached hydrogens (tertiary/aromatic N) is 1. The Hall–Kier alpha value is -1.03. The van der Waals surface area contributed by atoms with Crippen molar-refractivity contribution < 1.29 is 9.53 Å². The molecule has 0 aromatic rings. The third-order valence-corrected chi connectivity index (χ3v) is 2.57. The average Bonchev–Trinajstić information content (AvgIpc) is 2.26. The van der Waals surface area contributed by atoms with E-state index >= 15 is 0 Å². The standard InChI is InChI=1S/C10H18N2O2/c1-14-8-7-10(13)12(11)9-5-3-2-4-6-9/h7-9H,2-6,11H2,1H3. The summed E-state index contributed by atoms with van der Waals surface area (Å²) >= 11 is 0. The molecule has 80 valence electrons. The summed E-state index contributed by atoms with van der Waals surface area (Å²) in [5.41, 5.74) is 0. The van der Waals surface area contributed by atoms with E-state index in [0.29, 0.717) is 0 Å². The molecule has 0 aromatic heterocycles. The number of methoxy groups -OCH3 is 1. The van der Waals surface area contributed by atoms with Crippen LogP contribution in [-0.2, 0) is 9.53 Å². The molecule has 1 fully saturated rings. The lowest BCUT2D eigenvalue weighted by Gasteiger charge is -2.29. The highest BCUT2D eigenvalue weighted by atomic mass is 16.5. The molecule has 4 nitrogen and oxygen atoms in total. The van der Waals surface area contributed by atoms with Gasteiger partial charge in [-0.3, -0.25) is 9.80 Å². The van der Waals surface area contributed by atoms with Gasteiger partial charge in [-0.1, -0.05) is 19.3 Å². The second-order valence-corrected chi connectivity index (χ2v) is 3.58. The summed E-state index contributed by atoms with van der Waals surface area (Å²) in [6.07, 6.45) is 8.33. The Labute approximate surface area is 84.7 Å². The minimum Gasteiger partial charge on any atom is -0.504 e. The van der Waals surface area contributed by atoms with E-state index in [0.717, 1.165) is 12.8 Å². The number of carbonyl (C=O) groups is 1. The van der Waals surface area contributed by atoms with E-state index < -0.39 is 0 Å². The number of ether oxygens (including phenoxy) is 1. The highest BCUT2D eigenvalue weighted by Crippen LogP contribution is 2.20. The second-order valence-electron chi connectivity index (χ2n) is 3.58. The van der Waals surface area contributed by atoms with E-state index in [1.165, 1.54) is 43.7 Å². The maximum Gasteiger partial charge on any atom is 0.263 e. The molecule has 1 saturated carbocycles. The largest absolute Gasteiger partial charge is 0.504 e. The first-order valence-electron chi connectivity index (χ1n) is 5.03. The zero-order chi connectivity index (χ0) is 10.4. The van der Waals surface area contributed by atoms with Crippen LogP contribution in [0.2, 0.25) is 0 Å². The number of hydrogen-bond acceptors (Lipinski definition) is 3. The van der Waals surface area contributed by atoms with Gasteiger partial charge in [0.15, 0.2) is 0 Å². The van der Waals surface area contributed by atoms with Crippen molar-refractivity contribution in [3.05, 3.63) is 12.3 Å². The summed E-state index contributed by atoms with van der Waals surface area (Å²) in [5, 5.41) is 1.33. The van der Waals surface area contributed by atoms with Gasteiger partial charge in [0.2, 0.25) is 0 Å². The van der Waals surface area contributed by atoms with Gasteiger partial charge in [0, 0.05) is 12.1 Å². The zero-order valence-corrected chi connectivity index (χ0v) is 8.61. The Balaban J connectivity index is 2.41. The lowest BCUT2D eigenvalue weighted by molar-refractivity contribution is -0.129. The fourth-order valence-corrected chi connectivity index (χ4v) is 1.75. The third kappa shape index (κ3) is 3.03. The Morgan fingerprint density at radius 2 is 2.07 bits per heavy atom. The topological polar surface area (TPSA) is 55.6 Å². The van der Waals surface area contributed by atoms with Crippen LogP contribution in [0.3, 0.4) is 0 Å². The molecule has 1 rings (SSSR count). The third-order valence-electron chi connectivity index (χ3n) is 2.57. The lowest BCUT2D eigenvalue weighted by Crippen LogP contribution is -2.45. The molecule has 0 saturated heterocycles. The van der Waals surface area contributed by atoms with E-state index in [1.807, 2.05) is 0 Å². The number of hydrogen-bond donors (Lipinski definition) is 1. The van der Waals surface area contributed by atoms with Crippen molar-refractivity contribution in [1.29, 1.82) is 0 Å². The van der Waals surface area contributed by atoms with Gasteiger partial charge >= 0.3 is 0 Å². The quantitative estimate of drug-likeness (QED) is 0.243. The van der Waals surface area contributed by atoms with Gasteiger partial charge in [0.25, 0.3) is 5.91 Å². The highest BCUT2D eigenvalue weighted by Gasteiger charge is 2.21. The van der Waals surface area contributed by atoms with Crippen molar-refractivity contribution in [2.75, 3.05) is 7.11 Å². The molecule has 0 bridgehead atoms. The van der Waals surface area contributed by atoms with Crippen LogP contribution in [0, 0.1) is 0 Å². The molecule has 0 unspecified atom stereocenters. The lowest BCUT2D eigenvalue weighted by atomic mass is 9.95. The molecule has 4 heteroatoms. The van der Waals surface area contributed by atoms with Gasteiger partial charge in [-0.15, -0.1) is 0 Å². The summed E-state index contributed by atoms with van der Waals surface area (Å²) in [6.45, 7) is 0. The number of amides is 1. The van der Waals surface area contributed by atoms with Gasteiger partial charge in [0.05, 0.1) is 13.4 Å². The normalized spacial score (nSPS) is 18.4. The first kappa shape index (κ1) is 11.0. The maximum atomic E-state index is 11.4. The highest BCUT2D eigenvalue weighted by molar-refractivity contribution is 5.87. The van der Waals surface area contributed by atoms with E-state index in [9.17, 15) is 4.79 Å². The Morgan fingerprint density at radius 1 is 1.43 bits per heavy atom. The van der Waals surface area contributed by atoms with Crippen LogP contribution in [0.15, 0.2) is 12.3 Å². The molecule has 1 amide bonds. The minimum atomic E-state index is -0.182. The molecule has 0 radical (unpaired) electrons. The summed E-state index contributed by atoms with van der Waals surface area (Å²) in [4.78, 5) is 11.4. The van der Waals surface area contributed by atoms with Crippen molar-refractivity contribution in [3.8, 4) is 0 Å². The van der Waals surface area contributed by atoms with Crippen molar-refractivity contribution >= 4 is 5.91 Å². The van der Waals surface area contributed by atoms with Gasteiger partial charge < -0.3 is 4.74 Å². The van der Waals surface area contributed by atoms with E-state index in [-0.39, 0.29) is 11.9 Å². The van der Waals surface area contributed by atoms with E-state index in [4.69, 9.17) is 5.84 Å². The molecule has 14 heavy (non-hydrogen) atoms. The van der Waals surface area contributed by atoms with Gasteiger partial charge in [-0.2, -0.15) is 0 Å². The smallest absolute Gasteiger partial charge is 0.263 e. The Kier molecular flexibility index (Phi) is 4.46. The molecule has 0 aliphatic heterocycles. The molecule has 0 atom stereocenters. The molecule has 0 heterocycles. The van der Waals surface area contributed by atoms with Gasteiger partial charge in [-0.05, 0) is 12.8 Å². The molecule has 1 aliphatic carbocycles. The summed E-state index contributed by atoms with van der Waals surface area (Å²) in [6, 6.07) is 0.206. The molecule has 0 aromatic carbocycles. The van der Waals surface area contributed by atoms with E-state index in [2.05, 4.69) is 4.74 Å². The van der Waals surface area contributed by atoms with Crippen LogP contribution >= 0.6 is 0 Å². The van der Waals surface area contributed by atoms with Gasteiger partial charge in [0.1, 0.15) is 0 Å². The van der Waals surface area contributed by atoms with Crippen LogP contribution in [0.25, 0.3) is 0 Å². The minimum absolute atomic E-state index is 0.182. The molecule has 0 spiro atoms. The number of rotatable bonds is 3. The van der Waals surface area contributed by atoms with Crippen molar-refractivity contribution in [2.45, 2.75) is 38.1 Å². The zero-order valence-electron chi connectivity index (χ0n) is 8.61. The van der Waals surface area contributed by atoms with Crippen LogP contribution in [-0.4, -0.2) is 24.1 Å². The van der Waals surface area contributed by atoms with Crippen LogP contribution < -0.4 is 5.84 Å². The predicted octanol–water partition coefficient (Wildman–Crippen LogP) is 1.18. The Bertz CT molecular complexity index is 210. The van der Waals surface area contributed by atoms with Crippen molar-refractivity contribution in [1.82, 2.24) is 5.01 Å². The first-order chi connectivity index (χ1) is 6.75. The summed E-state index contributed by atoms with van der Waals surface area (Å²) < 4.78 is 4.67. The second kappa shape index (κ2) is 5.65. The number of hydrazine groups is 1. The van der Waals surface area contributed by atoms with Crippen molar-refractivity contribution in [2.24, 2.45) is 5.84 Å². The SMILES string of the molecule is COC=CC(=O)N(N)C1CCCCC1. The Morgan fingerprint density at radius 3 is 2.64 bits per heavy atom. The predicted molar refractivity (Wildman–Crippen MR) is 54.1 cm³/mol. The fourth-order valence-electron chi connectivity index (χ4n) is 1.75. The molecule has 1 aliphatic rings. The van der Waals surface area contributed by atoms with Crippen LogP contribution in [0.4, 0.5) is 0 Å². The first-order valence-corrected chi connectivity index (χ1v) is 5.03. The van der Waals surface area contributed by atoms with Crippen molar-refractivity contribution in [3.63, 3.8) is 0 Å². The van der Waals surface area contributed by atoms with Crippen LogP contribution in [0.1, 0.15) is 32.1 Å². The average molecular weight is 198 g/mol. The molecular weight excluding hydrogens is 180 g/mol.